The summed E-state index contributed by atoms with van der Waals surface area (Å²) < 4.78 is 5.85. The number of rotatable bonds is 11. The number of ether oxygens (including phenoxy) is 1. The molecule has 1 aromatic rings. The van der Waals surface area contributed by atoms with Crippen LogP contribution in [0.1, 0.15) is 50.7 Å². The molecule has 1 aromatic carbocycles. The van der Waals surface area contributed by atoms with E-state index in [1.165, 1.54) is 5.56 Å². The molecule has 5 heteroatoms. The van der Waals surface area contributed by atoms with Crippen molar-refractivity contribution in [3.63, 3.8) is 0 Å². The van der Waals surface area contributed by atoms with Crippen molar-refractivity contribution in [3.05, 3.63) is 29.3 Å². The Morgan fingerprint density at radius 2 is 1.62 bits per heavy atom. The van der Waals surface area contributed by atoms with Gasteiger partial charge in [-0.2, -0.15) is 0 Å². The molecule has 0 amide bonds. The van der Waals surface area contributed by atoms with Crippen LogP contribution in [0.15, 0.2) is 18.2 Å². The molecular formula is C19H33NO4. The molecule has 0 bridgehead atoms. The third-order valence-electron chi connectivity index (χ3n) is 4.06. The number of nitrogens with zero attached hydrogens (tertiary/aromatic N) is 1. The molecule has 24 heavy (non-hydrogen) atoms. The monoisotopic (exact) mass is 339 g/mol. The molecule has 138 valence electrons. The predicted octanol–water partition coefficient (Wildman–Crippen LogP) is 1.96. The third kappa shape index (κ3) is 6.77. The predicted molar refractivity (Wildman–Crippen MR) is 96.7 cm³/mol. The summed E-state index contributed by atoms with van der Waals surface area (Å²) in [4.78, 5) is 1.82. The van der Waals surface area contributed by atoms with Gasteiger partial charge in [0.15, 0.2) is 0 Å². The molecule has 0 heterocycles. The summed E-state index contributed by atoms with van der Waals surface area (Å²) in [5, 5.41) is 28.2. The van der Waals surface area contributed by atoms with E-state index in [4.69, 9.17) is 14.9 Å². The summed E-state index contributed by atoms with van der Waals surface area (Å²) in [6.45, 7) is 10.0. The van der Waals surface area contributed by atoms with Crippen LogP contribution >= 0.6 is 0 Å². The smallest absolute Gasteiger partial charge is 0.122 e. The van der Waals surface area contributed by atoms with E-state index in [0.717, 1.165) is 11.3 Å². The molecule has 1 unspecified atom stereocenters. The van der Waals surface area contributed by atoms with Gasteiger partial charge in [-0.05, 0) is 29.0 Å². The zero-order valence-corrected chi connectivity index (χ0v) is 15.4. The molecule has 1 rings (SSSR count). The summed E-state index contributed by atoms with van der Waals surface area (Å²) in [6.07, 6.45) is -0.673. The van der Waals surface area contributed by atoms with Gasteiger partial charge in [0.2, 0.25) is 0 Å². The molecule has 0 aliphatic carbocycles. The molecule has 0 radical (unpaired) electrons. The molecule has 0 aliphatic rings. The molecule has 0 aromatic heterocycles. The number of aliphatic hydroxyl groups excluding tert-OH is 3. The second-order valence-corrected chi connectivity index (χ2v) is 6.82. The highest BCUT2D eigenvalue weighted by atomic mass is 16.5. The summed E-state index contributed by atoms with van der Waals surface area (Å²) in [6, 6.07) is 6.24. The highest BCUT2D eigenvalue weighted by molar-refractivity contribution is 5.40. The minimum atomic E-state index is -0.673. The van der Waals surface area contributed by atoms with Gasteiger partial charge < -0.3 is 20.1 Å². The Morgan fingerprint density at radius 3 is 2.12 bits per heavy atom. The van der Waals surface area contributed by atoms with E-state index in [1.54, 1.807) is 0 Å². The van der Waals surface area contributed by atoms with Crippen molar-refractivity contribution in [1.82, 2.24) is 4.90 Å². The molecule has 0 fully saturated rings. The lowest BCUT2D eigenvalue weighted by atomic mass is 9.95. The maximum atomic E-state index is 10.2. The minimum Gasteiger partial charge on any atom is -0.491 e. The van der Waals surface area contributed by atoms with Gasteiger partial charge in [0.25, 0.3) is 0 Å². The lowest BCUT2D eigenvalue weighted by Gasteiger charge is -2.24. The topological polar surface area (TPSA) is 73.2 Å². The summed E-state index contributed by atoms with van der Waals surface area (Å²) >= 11 is 0. The van der Waals surface area contributed by atoms with E-state index >= 15 is 0 Å². The first kappa shape index (κ1) is 20.9. The van der Waals surface area contributed by atoms with Crippen molar-refractivity contribution in [2.45, 2.75) is 45.6 Å². The fourth-order valence-electron chi connectivity index (χ4n) is 2.62. The van der Waals surface area contributed by atoms with Crippen LogP contribution in [-0.2, 0) is 0 Å². The van der Waals surface area contributed by atoms with Gasteiger partial charge in [-0.25, -0.2) is 0 Å². The number of hydrogen-bond acceptors (Lipinski definition) is 5. The Balaban J connectivity index is 2.68. The molecule has 1 atom stereocenters. The van der Waals surface area contributed by atoms with Crippen LogP contribution in [-0.4, -0.2) is 65.8 Å². The summed E-state index contributed by atoms with van der Waals surface area (Å²) in [5.41, 5.74) is 2.43. The zero-order valence-electron chi connectivity index (χ0n) is 15.4. The van der Waals surface area contributed by atoms with E-state index in [0.29, 0.717) is 31.5 Å². The average Bonchev–Trinajstić information content (AvgIpc) is 2.53. The number of aliphatic hydroxyl groups is 3. The standard InChI is InChI=1S/C19H33NO4/c1-14(2)16-5-6-19(18(11-16)15(3)4)24-13-17(23)12-20(7-9-21)8-10-22/h5-6,11,14-15,17,21-23H,7-10,12-13H2,1-4H3. The number of benzene rings is 1. The third-order valence-corrected chi connectivity index (χ3v) is 4.06. The van der Waals surface area contributed by atoms with Crippen molar-refractivity contribution in [1.29, 1.82) is 0 Å². The van der Waals surface area contributed by atoms with Crippen LogP contribution < -0.4 is 4.74 Å². The Bertz CT molecular complexity index is 470. The van der Waals surface area contributed by atoms with Crippen LogP contribution in [0.5, 0.6) is 5.75 Å². The summed E-state index contributed by atoms with van der Waals surface area (Å²) in [5.74, 6) is 1.62. The number of hydrogen-bond donors (Lipinski definition) is 3. The Labute approximate surface area is 145 Å². The Kier molecular flexibility index (Phi) is 9.29. The van der Waals surface area contributed by atoms with Gasteiger partial charge in [-0.1, -0.05) is 39.8 Å². The molecule has 0 saturated heterocycles. The van der Waals surface area contributed by atoms with Gasteiger partial charge in [-0.3, -0.25) is 4.90 Å². The lowest BCUT2D eigenvalue weighted by Crippen LogP contribution is -2.38. The first-order chi connectivity index (χ1) is 11.4. The van der Waals surface area contributed by atoms with E-state index in [1.807, 2.05) is 11.0 Å². The molecule has 5 nitrogen and oxygen atoms in total. The van der Waals surface area contributed by atoms with Crippen molar-refractivity contribution < 1.29 is 20.1 Å². The zero-order chi connectivity index (χ0) is 18.1. The van der Waals surface area contributed by atoms with Crippen LogP contribution in [0, 0.1) is 0 Å². The van der Waals surface area contributed by atoms with Crippen molar-refractivity contribution in [3.8, 4) is 5.75 Å². The second kappa shape index (κ2) is 10.7. The first-order valence-electron chi connectivity index (χ1n) is 8.77. The van der Waals surface area contributed by atoms with Crippen molar-refractivity contribution in [2.75, 3.05) is 39.5 Å². The molecule has 0 saturated carbocycles. The fraction of sp³-hybridized carbons (Fsp3) is 0.684. The van der Waals surface area contributed by atoms with Gasteiger partial charge in [0.05, 0.1) is 13.2 Å². The molecule has 0 aliphatic heterocycles. The first-order valence-corrected chi connectivity index (χ1v) is 8.77. The quantitative estimate of drug-likeness (QED) is 0.575. The van der Waals surface area contributed by atoms with Crippen molar-refractivity contribution in [2.24, 2.45) is 0 Å². The lowest BCUT2D eigenvalue weighted by molar-refractivity contribution is 0.0549. The Hall–Kier alpha value is -1.14. The van der Waals surface area contributed by atoms with Gasteiger partial charge in [-0.15, -0.1) is 0 Å². The SMILES string of the molecule is CC(C)c1ccc(OCC(O)CN(CCO)CCO)c(C(C)C)c1. The van der Waals surface area contributed by atoms with E-state index in [-0.39, 0.29) is 19.8 Å². The van der Waals surface area contributed by atoms with E-state index < -0.39 is 6.10 Å². The molecule has 0 spiro atoms. The highest BCUT2D eigenvalue weighted by Crippen LogP contribution is 2.30. The fourth-order valence-corrected chi connectivity index (χ4v) is 2.62. The Morgan fingerprint density at radius 1 is 1.00 bits per heavy atom. The average molecular weight is 339 g/mol. The normalized spacial score (nSPS) is 13.1. The van der Waals surface area contributed by atoms with Crippen LogP contribution in [0.4, 0.5) is 0 Å². The van der Waals surface area contributed by atoms with Crippen LogP contribution in [0.25, 0.3) is 0 Å². The maximum Gasteiger partial charge on any atom is 0.122 e. The van der Waals surface area contributed by atoms with Crippen LogP contribution in [0.3, 0.4) is 0 Å². The minimum absolute atomic E-state index is 0.00173. The largest absolute Gasteiger partial charge is 0.491 e. The molecular weight excluding hydrogens is 306 g/mol. The van der Waals surface area contributed by atoms with Crippen LogP contribution in [0.2, 0.25) is 0 Å². The summed E-state index contributed by atoms with van der Waals surface area (Å²) in [7, 11) is 0. The van der Waals surface area contributed by atoms with Gasteiger partial charge in [0.1, 0.15) is 18.5 Å². The van der Waals surface area contributed by atoms with Gasteiger partial charge in [0, 0.05) is 19.6 Å². The van der Waals surface area contributed by atoms with E-state index in [2.05, 4.69) is 39.8 Å². The highest BCUT2D eigenvalue weighted by Gasteiger charge is 2.15. The van der Waals surface area contributed by atoms with Gasteiger partial charge >= 0.3 is 0 Å². The second-order valence-electron chi connectivity index (χ2n) is 6.82. The molecule has 3 N–H and O–H groups in total. The maximum absolute atomic E-state index is 10.2. The van der Waals surface area contributed by atoms with E-state index in [9.17, 15) is 5.11 Å². The van der Waals surface area contributed by atoms with Crippen molar-refractivity contribution >= 4 is 0 Å².